The van der Waals surface area contributed by atoms with E-state index in [4.69, 9.17) is 9.47 Å². The highest BCUT2D eigenvalue weighted by Crippen LogP contribution is 2.39. The van der Waals surface area contributed by atoms with E-state index in [9.17, 15) is 18.8 Å². The molecule has 0 amide bonds. The molecule has 0 spiro atoms. The molecular formula is C15H15FO5. The average molecular weight is 294 g/mol. The molecule has 2 rings (SSSR count). The minimum Gasteiger partial charge on any atom is -0.460 e. The molecule has 1 unspecified atom stereocenters. The van der Waals surface area contributed by atoms with E-state index in [-0.39, 0.29) is 17.7 Å². The lowest BCUT2D eigenvalue weighted by Gasteiger charge is -2.37. The van der Waals surface area contributed by atoms with Gasteiger partial charge in [0.05, 0.1) is 18.1 Å². The van der Waals surface area contributed by atoms with Crippen LogP contribution in [0.15, 0.2) is 18.2 Å². The van der Waals surface area contributed by atoms with Gasteiger partial charge in [-0.3, -0.25) is 4.79 Å². The molecule has 0 fully saturated rings. The number of carbonyl (C=O) groups excluding carboxylic acids is 3. The molecule has 1 aromatic carbocycles. The van der Waals surface area contributed by atoms with Crippen molar-refractivity contribution in [3.8, 4) is 0 Å². The SMILES string of the molecule is CCOC(=O)C(=O)C1c2cc(F)ccc2C(=O)OC1(C)C. The van der Waals surface area contributed by atoms with E-state index in [1.54, 1.807) is 6.92 Å². The van der Waals surface area contributed by atoms with Crippen molar-refractivity contribution in [2.24, 2.45) is 0 Å². The van der Waals surface area contributed by atoms with Gasteiger partial charge in [-0.25, -0.2) is 14.0 Å². The summed E-state index contributed by atoms with van der Waals surface area (Å²) in [7, 11) is 0. The molecule has 0 radical (unpaired) electrons. The first-order valence-electron chi connectivity index (χ1n) is 6.51. The van der Waals surface area contributed by atoms with Gasteiger partial charge in [0.1, 0.15) is 11.4 Å². The van der Waals surface area contributed by atoms with Gasteiger partial charge in [-0.15, -0.1) is 0 Å². The van der Waals surface area contributed by atoms with Gasteiger partial charge in [-0.05, 0) is 44.5 Å². The minimum absolute atomic E-state index is 0.0491. The number of rotatable bonds is 3. The van der Waals surface area contributed by atoms with Crippen LogP contribution in [0, 0.1) is 5.82 Å². The molecule has 1 atom stereocenters. The number of hydrogen-bond acceptors (Lipinski definition) is 5. The number of cyclic esters (lactones) is 1. The summed E-state index contributed by atoms with van der Waals surface area (Å²) in [5.74, 6) is -4.23. The zero-order chi connectivity index (χ0) is 15.8. The van der Waals surface area contributed by atoms with Gasteiger partial charge in [0.2, 0.25) is 0 Å². The second-order valence-electron chi connectivity index (χ2n) is 5.24. The summed E-state index contributed by atoms with van der Waals surface area (Å²) in [6.07, 6.45) is 0. The van der Waals surface area contributed by atoms with Gasteiger partial charge in [0, 0.05) is 0 Å². The van der Waals surface area contributed by atoms with Crippen molar-refractivity contribution in [2.75, 3.05) is 6.61 Å². The first-order valence-corrected chi connectivity index (χ1v) is 6.51. The minimum atomic E-state index is -1.26. The van der Waals surface area contributed by atoms with Crippen LogP contribution in [0.5, 0.6) is 0 Å². The molecule has 5 nitrogen and oxygen atoms in total. The largest absolute Gasteiger partial charge is 0.460 e. The molecule has 0 aromatic heterocycles. The molecule has 112 valence electrons. The zero-order valence-electron chi connectivity index (χ0n) is 11.9. The highest BCUT2D eigenvalue weighted by Gasteiger charge is 2.48. The van der Waals surface area contributed by atoms with Crippen LogP contribution in [0.2, 0.25) is 0 Å². The number of benzene rings is 1. The second-order valence-corrected chi connectivity index (χ2v) is 5.24. The Bertz CT molecular complexity index is 620. The molecular weight excluding hydrogens is 279 g/mol. The van der Waals surface area contributed by atoms with Crippen molar-refractivity contribution in [1.29, 1.82) is 0 Å². The zero-order valence-corrected chi connectivity index (χ0v) is 11.9. The van der Waals surface area contributed by atoms with Crippen molar-refractivity contribution in [3.63, 3.8) is 0 Å². The van der Waals surface area contributed by atoms with Crippen LogP contribution in [-0.4, -0.2) is 29.9 Å². The van der Waals surface area contributed by atoms with E-state index in [1.165, 1.54) is 19.9 Å². The average Bonchev–Trinajstić information content (AvgIpc) is 2.37. The molecule has 0 bridgehead atoms. The molecule has 1 heterocycles. The van der Waals surface area contributed by atoms with E-state index < -0.39 is 35.1 Å². The molecule has 0 saturated carbocycles. The predicted octanol–water partition coefficient (Wildman–Crippen LogP) is 1.99. The Labute approximate surface area is 121 Å². The quantitative estimate of drug-likeness (QED) is 0.630. The van der Waals surface area contributed by atoms with Crippen LogP contribution in [-0.2, 0) is 19.1 Å². The lowest BCUT2D eigenvalue weighted by atomic mass is 9.77. The Morgan fingerprint density at radius 3 is 2.67 bits per heavy atom. The Morgan fingerprint density at radius 2 is 2.05 bits per heavy atom. The van der Waals surface area contributed by atoms with E-state index in [2.05, 4.69) is 0 Å². The van der Waals surface area contributed by atoms with Crippen LogP contribution < -0.4 is 0 Å². The van der Waals surface area contributed by atoms with Crippen LogP contribution in [0.3, 0.4) is 0 Å². The monoisotopic (exact) mass is 294 g/mol. The van der Waals surface area contributed by atoms with E-state index >= 15 is 0 Å². The Morgan fingerprint density at radius 1 is 1.38 bits per heavy atom. The predicted molar refractivity (Wildman–Crippen MR) is 70.3 cm³/mol. The Kier molecular flexibility index (Phi) is 3.80. The molecule has 21 heavy (non-hydrogen) atoms. The number of fused-ring (bicyclic) bond motifs is 1. The molecule has 1 aromatic rings. The van der Waals surface area contributed by atoms with E-state index in [1.807, 2.05) is 0 Å². The fourth-order valence-corrected chi connectivity index (χ4v) is 2.46. The van der Waals surface area contributed by atoms with Gasteiger partial charge in [0.15, 0.2) is 0 Å². The van der Waals surface area contributed by atoms with Gasteiger partial charge in [0.25, 0.3) is 5.78 Å². The van der Waals surface area contributed by atoms with Crippen LogP contribution >= 0.6 is 0 Å². The molecule has 1 aliphatic heterocycles. The number of ether oxygens (including phenoxy) is 2. The van der Waals surface area contributed by atoms with Crippen LogP contribution in [0.4, 0.5) is 4.39 Å². The van der Waals surface area contributed by atoms with Gasteiger partial charge in [-0.1, -0.05) is 0 Å². The van der Waals surface area contributed by atoms with Crippen molar-refractivity contribution in [2.45, 2.75) is 32.3 Å². The van der Waals surface area contributed by atoms with Crippen LogP contribution in [0.1, 0.15) is 42.6 Å². The summed E-state index contributed by atoms with van der Waals surface area (Å²) < 4.78 is 23.4. The second kappa shape index (κ2) is 5.27. The topological polar surface area (TPSA) is 69.7 Å². The highest BCUT2D eigenvalue weighted by atomic mass is 19.1. The number of hydrogen-bond donors (Lipinski definition) is 0. The Hall–Kier alpha value is -2.24. The lowest BCUT2D eigenvalue weighted by Crippen LogP contribution is -2.46. The van der Waals surface area contributed by atoms with Gasteiger partial charge < -0.3 is 9.47 Å². The van der Waals surface area contributed by atoms with Gasteiger partial charge in [-0.2, -0.15) is 0 Å². The van der Waals surface area contributed by atoms with Crippen molar-refractivity contribution >= 4 is 17.7 Å². The lowest BCUT2D eigenvalue weighted by molar-refractivity contribution is -0.157. The third kappa shape index (κ3) is 2.66. The van der Waals surface area contributed by atoms with Crippen molar-refractivity contribution in [1.82, 2.24) is 0 Å². The van der Waals surface area contributed by atoms with Crippen LogP contribution in [0.25, 0.3) is 0 Å². The number of ketones is 1. The maximum atomic E-state index is 13.5. The third-order valence-corrected chi connectivity index (χ3v) is 3.33. The smallest absolute Gasteiger partial charge is 0.375 e. The summed E-state index contributed by atoms with van der Waals surface area (Å²) in [5.41, 5.74) is -1.03. The number of halogens is 1. The van der Waals surface area contributed by atoms with Crippen molar-refractivity contribution in [3.05, 3.63) is 35.1 Å². The summed E-state index contributed by atoms with van der Waals surface area (Å²) >= 11 is 0. The highest BCUT2D eigenvalue weighted by molar-refractivity contribution is 6.36. The number of Topliss-reactive ketones (excluding diaryl/α,β-unsaturated/α-hetero) is 1. The summed E-state index contributed by atoms with van der Waals surface area (Å²) in [4.78, 5) is 35.9. The maximum absolute atomic E-state index is 13.5. The molecule has 0 saturated heterocycles. The fourth-order valence-electron chi connectivity index (χ4n) is 2.46. The van der Waals surface area contributed by atoms with Gasteiger partial charge >= 0.3 is 11.9 Å². The van der Waals surface area contributed by atoms with E-state index in [0.29, 0.717) is 0 Å². The molecule has 0 N–H and O–H groups in total. The summed E-state index contributed by atoms with van der Waals surface area (Å²) in [6, 6.07) is 3.43. The third-order valence-electron chi connectivity index (χ3n) is 3.33. The molecule has 1 aliphatic rings. The normalized spacial score (nSPS) is 19.4. The maximum Gasteiger partial charge on any atom is 0.375 e. The first-order chi connectivity index (χ1) is 9.77. The van der Waals surface area contributed by atoms with E-state index in [0.717, 1.165) is 12.1 Å². The summed E-state index contributed by atoms with van der Waals surface area (Å²) in [6.45, 7) is 4.62. The fraction of sp³-hybridized carbons (Fsp3) is 0.400. The Balaban J connectivity index is 2.55. The number of carbonyl (C=O) groups is 3. The molecule has 0 aliphatic carbocycles. The summed E-state index contributed by atoms with van der Waals surface area (Å²) in [5, 5.41) is 0. The molecule has 6 heteroatoms. The standard InChI is InChI=1S/C15H15FO5/c1-4-20-14(19)12(17)11-10-7-8(16)5-6-9(10)13(18)21-15(11,2)3/h5-7,11H,4H2,1-3H3. The first kappa shape index (κ1) is 15.2. The van der Waals surface area contributed by atoms with Crippen molar-refractivity contribution < 1.29 is 28.2 Å². The number of esters is 2.